The standard InChI is InChI=1S/C14H11N2O2S.Y/c1-16-11-5-3-2-4-9(11)6-7-12(16)13-15-10(8-19-13)14(17)18;/h3-7,10H,1,8H2,(H,17,18);/q-1;/b13-12+;. The van der Waals surface area contributed by atoms with Crippen molar-refractivity contribution in [1.82, 2.24) is 0 Å². The molecule has 20 heavy (non-hydrogen) atoms. The second-order valence-electron chi connectivity index (χ2n) is 4.23. The molecular formula is C14H11N2O2SY-. The fourth-order valence-electron chi connectivity index (χ4n) is 2.03. The first-order valence-corrected chi connectivity index (χ1v) is 6.75. The van der Waals surface area contributed by atoms with Crippen LogP contribution in [0, 0.1) is 12.8 Å². The van der Waals surface area contributed by atoms with Crippen molar-refractivity contribution in [3.05, 3.63) is 53.8 Å². The van der Waals surface area contributed by atoms with Gasteiger partial charge in [-0.3, -0.25) is 4.79 Å². The van der Waals surface area contributed by atoms with Crippen LogP contribution in [0.5, 0.6) is 0 Å². The molecule has 0 saturated carbocycles. The van der Waals surface area contributed by atoms with Crippen molar-refractivity contribution >= 4 is 33.7 Å². The number of aliphatic carboxylic acids is 1. The van der Waals surface area contributed by atoms with Crippen LogP contribution >= 0.6 is 11.8 Å². The maximum absolute atomic E-state index is 10.9. The van der Waals surface area contributed by atoms with E-state index in [2.05, 4.69) is 18.1 Å². The van der Waals surface area contributed by atoms with Crippen LogP contribution in [0.3, 0.4) is 0 Å². The van der Waals surface area contributed by atoms with Crippen LogP contribution < -0.4 is 9.59 Å². The second-order valence-corrected chi connectivity index (χ2v) is 5.24. The Bertz CT molecular complexity index is 778. The number of benzene rings is 1. The van der Waals surface area contributed by atoms with Gasteiger partial charge in [-0.25, -0.2) is 0 Å². The number of thioether (sulfide) groups is 1. The third-order valence-corrected chi connectivity index (χ3v) is 4.10. The Kier molecular flexibility index (Phi) is 4.84. The Morgan fingerprint density at radius 3 is 3.00 bits per heavy atom. The summed E-state index contributed by atoms with van der Waals surface area (Å²) in [5.41, 5.74) is 0.971. The van der Waals surface area contributed by atoms with Crippen LogP contribution in [-0.2, 0) is 37.5 Å². The summed E-state index contributed by atoms with van der Waals surface area (Å²) in [7, 11) is 0. The number of nitrogens with zero attached hydrogens (tertiary/aromatic N) is 2. The number of carbonyl (C=O) groups is 1. The normalized spacial score (nSPS) is 20.3. The van der Waals surface area contributed by atoms with Gasteiger partial charge >= 0.3 is 0 Å². The predicted octanol–water partition coefficient (Wildman–Crippen LogP) is 1.20. The Morgan fingerprint density at radius 1 is 1.50 bits per heavy atom. The molecule has 1 aromatic carbocycles. The van der Waals surface area contributed by atoms with Crippen LogP contribution in [-0.4, -0.2) is 22.9 Å². The monoisotopic (exact) mass is 360 g/mol. The first-order valence-electron chi connectivity index (χ1n) is 5.76. The molecular weight excluding hydrogens is 349 g/mol. The van der Waals surface area contributed by atoms with Gasteiger partial charge in [0, 0.05) is 32.7 Å². The van der Waals surface area contributed by atoms with E-state index in [-0.39, 0.29) is 32.7 Å². The van der Waals surface area contributed by atoms with Crippen molar-refractivity contribution in [3.63, 3.8) is 0 Å². The average Bonchev–Trinajstić information content (AvgIpc) is 2.89. The van der Waals surface area contributed by atoms with Crippen molar-refractivity contribution in [2.24, 2.45) is 0 Å². The molecule has 1 unspecified atom stereocenters. The van der Waals surface area contributed by atoms with Gasteiger partial charge in [0.25, 0.3) is 5.97 Å². The molecule has 2 heterocycles. The summed E-state index contributed by atoms with van der Waals surface area (Å²) in [5.74, 6) is -0.404. The quantitative estimate of drug-likeness (QED) is 0.614. The van der Waals surface area contributed by atoms with Crippen LogP contribution in [0.25, 0.3) is 21.2 Å². The fraction of sp³-hybridized carbons (Fsp3) is 0.143. The molecule has 1 radical (unpaired) electrons. The van der Waals surface area contributed by atoms with E-state index in [0.29, 0.717) is 5.75 Å². The summed E-state index contributed by atoms with van der Waals surface area (Å²) in [6.45, 7) is 4.02. The minimum Gasteiger partial charge on any atom is -0.661 e. The molecule has 1 fully saturated rings. The Hall–Kier alpha value is -0.906. The third-order valence-electron chi connectivity index (χ3n) is 3.03. The van der Waals surface area contributed by atoms with E-state index in [4.69, 9.17) is 5.11 Å². The maximum Gasteiger partial charge on any atom is 0.289 e. The number of hydrogen-bond acceptors (Lipinski definition) is 2. The van der Waals surface area contributed by atoms with Gasteiger partial charge in [-0.15, -0.1) is 11.8 Å². The molecule has 2 aromatic rings. The molecule has 1 aliphatic rings. The van der Waals surface area contributed by atoms with Gasteiger partial charge in [0.15, 0.2) is 5.35 Å². The van der Waals surface area contributed by atoms with Gasteiger partial charge in [0.2, 0.25) is 0 Å². The van der Waals surface area contributed by atoms with E-state index in [9.17, 15) is 4.79 Å². The van der Waals surface area contributed by atoms with Gasteiger partial charge in [-0.1, -0.05) is 17.5 Å². The minimum absolute atomic E-state index is 0. The molecule has 0 aliphatic carbocycles. The second kappa shape index (κ2) is 6.25. The summed E-state index contributed by atoms with van der Waals surface area (Å²) < 4.78 is 1.79. The molecule has 1 aliphatic heterocycles. The van der Waals surface area contributed by atoms with Gasteiger partial charge in [0.05, 0.1) is 0 Å². The van der Waals surface area contributed by atoms with E-state index in [1.54, 1.807) is 4.24 Å². The van der Waals surface area contributed by atoms with E-state index >= 15 is 0 Å². The average molecular weight is 360 g/mol. The first-order chi connectivity index (χ1) is 9.16. The van der Waals surface area contributed by atoms with Crippen LogP contribution in [0.4, 0.5) is 0 Å². The molecule has 1 atom stereocenters. The van der Waals surface area contributed by atoms with E-state index in [1.165, 1.54) is 11.8 Å². The van der Waals surface area contributed by atoms with Crippen molar-refractivity contribution in [1.29, 1.82) is 0 Å². The zero-order chi connectivity index (χ0) is 13.4. The number of fused-ring (bicyclic) bond motifs is 1. The number of rotatable bonds is 1. The van der Waals surface area contributed by atoms with Gasteiger partial charge in [-0.2, -0.15) is 22.4 Å². The molecule has 1 saturated heterocycles. The summed E-state index contributed by atoms with van der Waals surface area (Å²) >= 11 is 1.46. The van der Waals surface area contributed by atoms with Crippen molar-refractivity contribution in [3.8, 4) is 0 Å². The van der Waals surface area contributed by atoms with Crippen molar-refractivity contribution < 1.29 is 46.9 Å². The largest absolute Gasteiger partial charge is 0.661 e. The SMILES string of the molecule is C=[n+]1/c(=C2\[N-]C(C(=O)O)CS2)ccc2c[c-]ccc21.[Y]. The molecule has 1 aromatic heterocycles. The third kappa shape index (κ3) is 2.75. The molecule has 0 spiro atoms. The fourth-order valence-corrected chi connectivity index (χ4v) is 3.09. The molecule has 4 nitrogen and oxygen atoms in total. The minimum atomic E-state index is -0.881. The number of carboxylic acids is 1. The van der Waals surface area contributed by atoms with Crippen molar-refractivity contribution in [2.45, 2.75) is 6.04 Å². The van der Waals surface area contributed by atoms with Crippen LogP contribution in [0.1, 0.15) is 0 Å². The topological polar surface area (TPSA) is 57.3 Å². The number of aromatic nitrogens is 1. The zero-order valence-electron chi connectivity index (χ0n) is 10.6. The summed E-state index contributed by atoms with van der Waals surface area (Å²) in [5, 5.41) is 15.8. The molecule has 0 bridgehead atoms. The molecule has 1 N–H and O–H groups in total. The van der Waals surface area contributed by atoms with E-state index in [1.807, 2.05) is 30.3 Å². The van der Waals surface area contributed by atoms with Crippen molar-refractivity contribution in [2.75, 3.05) is 5.75 Å². The smallest absolute Gasteiger partial charge is 0.289 e. The number of hydrogen-bond donors (Lipinski definition) is 1. The van der Waals surface area contributed by atoms with Crippen LogP contribution in [0.2, 0.25) is 0 Å². The Labute approximate surface area is 145 Å². The maximum atomic E-state index is 10.9. The molecule has 0 amide bonds. The molecule has 99 valence electrons. The van der Waals surface area contributed by atoms with Gasteiger partial charge < -0.3 is 10.4 Å². The van der Waals surface area contributed by atoms with Gasteiger partial charge in [0.1, 0.15) is 12.2 Å². The first kappa shape index (κ1) is 15.5. The van der Waals surface area contributed by atoms with Crippen LogP contribution in [0.15, 0.2) is 30.3 Å². The van der Waals surface area contributed by atoms with Gasteiger partial charge in [-0.05, 0) is 22.9 Å². The zero-order valence-corrected chi connectivity index (χ0v) is 14.3. The number of pyridine rings is 1. The Balaban J connectivity index is 0.00000147. The number of carboxylic acid groups (broad SMARTS) is 1. The van der Waals surface area contributed by atoms with E-state index < -0.39 is 12.0 Å². The van der Waals surface area contributed by atoms with E-state index in [0.717, 1.165) is 21.3 Å². The summed E-state index contributed by atoms with van der Waals surface area (Å²) in [6, 6.07) is 11.9. The summed E-state index contributed by atoms with van der Waals surface area (Å²) in [4.78, 5) is 10.9. The molecule has 6 heteroatoms. The molecule has 3 rings (SSSR count). The Morgan fingerprint density at radius 2 is 2.30 bits per heavy atom. The predicted molar refractivity (Wildman–Crippen MR) is 74.0 cm³/mol. The summed E-state index contributed by atoms with van der Waals surface area (Å²) in [6.07, 6.45) is 0.